The van der Waals surface area contributed by atoms with Crippen molar-refractivity contribution in [3.05, 3.63) is 30.2 Å². The van der Waals surface area contributed by atoms with Crippen LogP contribution in [0.3, 0.4) is 0 Å². The van der Waals surface area contributed by atoms with Crippen LogP contribution in [0.4, 0.5) is 0 Å². The van der Waals surface area contributed by atoms with Gasteiger partial charge in [-0.25, -0.2) is 0 Å². The molecule has 0 radical (unpaired) electrons. The van der Waals surface area contributed by atoms with Gasteiger partial charge in [-0.05, 0) is 19.1 Å². The smallest absolute Gasteiger partial charge is 0.257 e. The third-order valence-electron chi connectivity index (χ3n) is 2.38. The van der Waals surface area contributed by atoms with Crippen LogP contribution in [-0.2, 0) is 0 Å². The first-order chi connectivity index (χ1) is 8.76. The molecule has 3 N–H and O–H groups in total. The third-order valence-corrected chi connectivity index (χ3v) is 2.38. The van der Waals surface area contributed by atoms with E-state index in [4.69, 9.17) is 15.0 Å². The van der Waals surface area contributed by atoms with Crippen LogP contribution >= 0.6 is 0 Å². The molecular weight excluding hydrogens is 234 g/mol. The summed E-state index contributed by atoms with van der Waals surface area (Å²) in [6.07, 6.45) is -0.939. The summed E-state index contributed by atoms with van der Waals surface area (Å²) >= 11 is 0. The van der Waals surface area contributed by atoms with E-state index >= 15 is 0 Å². The molecular formula is C12H15N3O3. The van der Waals surface area contributed by atoms with Crippen molar-refractivity contribution in [2.24, 2.45) is 5.73 Å². The number of aliphatic hydroxyl groups excluding tert-OH is 1. The van der Waals surface area contributed by atoms with Gasteiger partial charge in [0.25, 0.3) is 5.89 Å². The van der Waals surface area contributed by atoms with Crippen LogP contribution in [-0.4, -0.2) is 28.4 Å². The lowest BCUT2D eigenvalue weighted by Crippen LogP contribution is -2.11. The summed E-state index contributed by atoms with van der Waals surface area (Å²) in [4.78, 5) is 4.11. The van der Waals surface area contributed by atoms with Crippen molar-refractivity contribution in [2.45, 2.75) is 13.0 Å². The van der Waals surface area contributed by atoms with Gasteiger partial charge in [-0.2, -0.15) is 4.98 Å². The topological polar surface area (TPSA) is 94.4 Å². The predicted molar refractivity (Wildman–Crippen MR) is 64.9 cm³/mol. The van der Waals surface area contributed by atoms with Crippen molar-refractivity contribution < 1.29 is 14.4 Å². The second kappa shape index (κ2) is 5.61. The van der Waals surface area contributed by atoms with E-state index in [1.807, 2.05) is 31.2 Å². The fraction of sp³-hybridized carbons (Fsp3) is 0.333. The zero-order valence-electron chi connectivity index (χ0n) is 10.0. The Morgan fingerprint density at radius 3 is 2.94 bits per heavy atom. The van der Waals surface area contributed by atoms with E-state index < -0.39 is 6.10 Å². The first-order valence-electron chi connectivity index (χ1n) is 5.70. The van der Waals surface area contributed by atoms with E-state index in [2.05, 4.69) is 10.1 Å². The second-order valence-electron chi connectivity index (χ2n) is 3.64. The Hall–Kier alpha value is -1.92. The Morgan fingerprint density at radius 2 is 2.22 bits per heavy atom. The summed E-state index contributed by atoms with van der Waals surface area (Å²) in [5.74, 6) is 1.16. The Kier molecular flexibility index (Phi) is 3.91. The maximum Gasteiger partial charge on any atom is 0.257 e. The standard InChI is InChI=1S/C12H15N3O3/c1-2-17-10-6-4-3-5-8(10)11-14-12(18-15-11)9(16)7-13/h3-6,9,16H,2,7,13H2,1H3. The van der Waals surface area contributed by atoms with E-state index in [1.54, 1.807) is 0 Å². The molecule has 6 heteroatoms. The molecule has 1 aromatic carbocycles. The Morgan fingerprint density at radius 1 is 1.44 bits per heavy atom. The van der Waals surface area contributed by atoms with Crippen LogP contribution in [0.2, 0.25) is 0 Å². The van der Waals surface area contributed by atoms with Gasteiger partial charge in [-0.1, -0.05) is 17.3 Å². The quantitative estimate of drug-likeness (QED) is 0.824. The van der Waals surface area contributed by atoms with Crippen molar-refractivity contribution >= 4 is 0 Å². The van der Waals surface area contributed by atoms with Crippen LogP contribution < -0.4 is 10.5 Å². The lowest BCUT2D eigenvalue weighted by Gasteiger charge is -2.06. The maximum atomic E-state index is 9.51. The van der Waals surface area contributed by atoms with Crippen LogP contribution in [0.25, 0.3) is 11.4 Å². The number of rotatable bonds is 5. The van der Waals surface area contributed by atoms with Crippen molar-refractivity contribution in [1.29, 1.82) is 0 Å². The third kappa shape index (κ3) is 2.49. The molecule has 0 saturated heterocycles. The van der Waals surface area contributed by atoms with Gasteiger partial charge in [0.05, 0.1) is 12.2 Å². The predicted octanol–water partition coefficient (Wildman–Crippen LogP) is 1.13. The van der Waals surface area contributed by atoms with E-state index in [1.165, 1.54) is 0 Å². The normalized spacial score (nSPS) is 12.4. The Labute approximate surface area is 104 Å². The lowest BCUT2D eigenvalue weighted by atomic mass is 10.2. The zero-order valence-corrected chi connectivity index (χ0v) is 10.0. The molecule has 1 unspecified atom stereocenters. The van der Waals surface area contributed by atoms with Crippen LogP contribution in [0.5, 0.6) is 5.75 Å². The second-order valence-corrected chi connectivity index (χ2v) is 3.64. The fourth-order valence-electron chi connectivity index (χ4n) is 1.51. The summed E-state index contributed by atoms with van der Waals surface area (Å²) in [6, 6.07) is 7.38. The molecule has 18 heavy (non-hydrogen) atoms. The van der Waals surface area contributed by atoms with Gasteiger partial charge in [0.1, 0.15) is 11.9 Å². The minimum absolute atomic E-state index is 0.0364. The molecule has 0 aliphatic rings. The van der Waals surface area contributed by atoms with E-state index in [9.17, 15) is 5.11 Å². The summed E-state index contributed by atoms with van der Waals surface area (Å²) < 4.78 is 10.4. The molecule has 0 saturated carbocycles. The van der Waals surface area contributed by atoms with Crippen LogP contribution in [0.1, 0.15) is 18.9 Å². The van der Waals surface area contributed by atoms with Gasteiger partial charge in [-0.3, -0.25) is 0 Å². The molecule has 2 aromatic rings. The first kappa shape index (κ1) is 12.5. The Bertz CT molecular complexity index is 513. The minimum Gasteiger partial charge on any atom is -0.493 e. The number of para-hydroxylation sites is 1. The van der Waals surface area contributed by atoms with E-state index in [0.29, 0.717) is 18.2 Å². The monoisotopic (exact) mass is 249 g/mol. The molecule has 1 aromatic heterocycles. The van der Waals surface area contributed by atoms with E-state index in [0.717, 1.165) is 5.56 Å². The number of nitrogens with two attached hydrogens (primary N) is 1. The molecule has 2 rings (SSSR count). The van der Waals surface area contributed by atoms with Crippen molar-refractivity contribution in [3.63, 3.8) is 0 Å². The van der Waals surface area contributed by atoms with Gasteiger partial charge in [0.2, 0.25) is 5.82 Å². The number of hydrogen-bond donors (Lipinski definition) is 2. The van der Waals surface area contributed by atoms with Gasteiger partial charge < -0.3 is 20.1 Å². The average Bonchev–Trinajstić information content (AvgIpc) is 2.88. The highest BCUT2D eigenvalue weighted by Gasteiger charge is 2.17. The highest BCUT2D eigenvalue weighted by Crippen LogP contribution is 2.28. The molecule has 1 heterocycles. The number of aliphatic hydroxyl groups is 1. The van der Waals surface area contributed by atoms with Gasteiger partial charge in [-0.15, -0.1) is 0 Å². The maximum absolute atomic E-state index is 9.51. The average molecular weight is 249 g/mol. The zero-order chi connectivity index (χ0) is 13.0. The van der Waals surface area contributed by atoms with Crippen molar-refractivity contribution in [3.8, 4) is 17.1 Å². The van der Waals surface area contributed by atoms with Crippen molar-refractivity contribution in [1.82, 2.24) is 10.1 Å². The van der Waals surface area contributed by atoms with Crippen LogP contribution in [0.15, 0.2) is 28.8 Å². The SMILES string of the molecule is CCOc1ccccc1-c1noc(C(O)CN)n1. The lowest BCUT2D eigenvalue weighted by molar-refractivity contribution is 0.141. The molecule has 6 nitrogen and oxygen atoms in total. The fourth-order valence-corrected chi connectivity index (χ4v) is 1.51. The number of hydrogen-bond acceptors (Lipinski definition) is 6. The summed E-state index contributed by atoms with van der Waals surface area (Å²) in [5, 5.41) is 13.3. The summed E-state index contributed by atoms with van der Waals surface area (Å²) in [6.45, 7) is 2.48. The number of benzene rings is 1. The molecule has 0 bridgehead atoms. The largest absolute Gasteiger partial charge is 0.493 e. The number of nitrogens with zero attached hydrogens (tertiary/aromatic N) is 2. The molecule has 0 aliphatic carbocycles. The molecule has 0 amide bonds. The highest BCUT2D eigenvalue weighted by atomic mass is 16.5. The first-order valence-corrected chi connectivity index (χ1v) is 5.70. The van der Waals surface area contributed by atoms with Gasteiger partial charge in [0, 0.05) is 6.54 Å². The van der Waals surface area contributed by atoms with Gasteiger partial charge >= 0.3 is 0 Å². The van der Waals surface area contributed by atoms with Crippen molar-refractivity contribution in [2.75, 3.05) is 13.2 Å². The highest BCUT2D eigenvalue weighted by molar-refractivity contribution is 5.63. The van der Waals surface area contributed by atoms with Gasteiger partial charge in [0.15, 0.2) is 0 Å². The molecule has 96 valence electrons. The minimum atomic E-state index is -0.939. The molecule has 0 aliphatic heterocycles. The Balaban J connectivity index is 2.33. The number of ether oxygens (including phenoxy) is 1. The molecule has 0 fully saturated rings. The van der Waals surface area contributed by atoms with Crippen LogP contribution in [0, 0.1) is 0 Å². The molecule has 1 atom stereocenters. The summed E-state index contributed by atoms with van der Waals surface area (Å²) in [5.41, 5.74) is 6.05. The number of aromatic nitrogens is 2. The summed E-state index contributed by atoms with van der Waals surface area (Å²) in [7, 11) is 0. The molecule has 0 spiro atoms. The van der Waals surface area contributed by atoms with E-state index in [-0.39, 0.29) is 12.4 Å².